The lowest BCUT2D eigenvalue weighted by atomic mass is 10.2. The average molecular weight is 301 g/mol. The molecule has 1 aliphatic heterocycles. The van der Waals surface area contributed by atoms with Crippen LogP contribution in [0.3, 0.4) is 0 Å². The summed E-state index contributed by atoms with van der Waals surface area (Å²) in [5.41, 5.74) is 1.70. The Kier molecular flexibility index (Phi) is 5.72. The number of hydrogen-bond acceptors (Lipinski definition) is 3. The maximum absolute atomic E-state index is 12.1. The highest BCUT2D eigenvalue weighted by Crippen LogP contribution is 2.11. The van der Waals surface area contributed by atoms with Gasteiger partial charge in [0, 0.05) is 44.9 Å². The van der Waals surface area contributed by atoms with Crippen molar-refractivity contribution in [3.8, 4) is 0 Å². The summed E-state index contributed by atoms with van der Waals surface area (Å²) in [4.78, 5) is 27.3. The minimum absolute atomic E-state index is 0.0571. The Balaban J connectivity index is 1.88. The Morgan fingerprint density at radius 2 is 1.77 bits per heavy atom. The van der Waals surface area contributed by atoms with Crippen molar-refractivity contribution in [1.29, 1.82) is 0 Å². The van der Waals surface area contributed by atoms with Crippen LogP contribution in [0.5, 0.6) is 0 Å². The number of anilines is 1. The minimum atomic E-state index is -0.0929. The number of rotatable bonds is 4. The van der Waals surface area contributed by atoms with Crippen LogP contribution in [0.25, 0.3) is 6.08 Å². The van der Waals surface area contributed by atoms with Crippen LogP contribution < -0.4 is 5.32 Å². The molecule has 1 fully saturated rings. The zero-order valence-electron chi connectivity index (χ0n) is 13.2. The van der Waals surface area contributed by atoms with Crippen molar-refractivity contribution in [2.75, 3.05) is 38.0 Å². The monoisotopic (exact) mass is 301 g/mol. The van der Waals surface area contributed by atoms with E-state index in [1.54, 1.807) is 6.08 Å². The van der Waals surface area contributed by atoms with Gasteiger partial charge in [0.2, 0.25) is 11.8 Å². The van der Waals surface area contributed by atoms with Gasteiger partial charge in [0.25, 0.3) is 0 Å². The summed E-state index contributed by atoms with van der Waals surface area (Å²) < 4.78 is 0. The Morgan fingerprint density at radius 3 is 2.32 bits per heavy atom. The molecule has 5 nitrogen and oxygen atoms in total. The first-order valence-corrected chi connectivity index (χ1v) is 7.65. The molecule has 1 N–H and O–H groups in total. The molecule has 0 atom stereocenters. The van der Waals surface area contributed by atoms with Crippen molar-refractivity contribution < 1.29 is 9.59 Å². The molecule has 1 saturated heterocycles. The SMILES string of the molecule is CCN1CCN(C(=O)/C=C/c2ccc(NC(C)=O)cc2)CC1. The largest absolute Gasteiger partial charge is 0.337 e. The van der Waals surface area contributed by atoms with E-state index in [0.717, 1.165) is 44.0 Å². The van der Waals surface area contributed by atoms with E-state index in [4.69, 9.17) is 0 Å². The van der Waals surface area contributed by atoms with Gasteiger partial charge in [-0.15, -0.1) is 0 Å². The van der Waals surface area contributed by atoms with Gasteiger partial charge in [0.05, 0.1) is 0 Å². The van der Waals surface area contributed by atoms with Crippen molar-refractivity contribution in [1.82, 2.24) is 9.80 Å². The van der Waals surface area contributed by atoms with Crippen LogP contribution in [0.15, 0.2) is 30.3 Å². The zero-order chi connectivity index (χ0) is 15.9. The number of nitrogens with one attached hydrogen (secondary N) is 1. The second-order valence-corrected chi connectivity index (χ2v) is 5.40. The molecule has 118 valence electrons. The quantitative estimate of drug-likeness (QED) is 0.863. The summed E-state index contributed by atoms with van der Waals surface area (Å²) in [6, 6.07) is 7.41. The molecule has 0 unspecified atom stereocenters. The fourth-order valence-electron chi connectivity index (χ4n) is 2.44. The van der Waals surface area contributed by atoms with E-state index in [1.807, 2.05) is 35.2 Å². The molecule has 0 saturated carbocycles. The number of benzene rings is 1. The maximum Gasteiger partial charge on any atom is 0.246 e. The molecular weight excluding hydrogens is 278 g/mol. The first-order valence-electron chi connectivity index (χ1n) is 7.65. The first kappa shape index (κ1) is 16.2. The van der Waals surface area contributed by atoms with E-state index in [0.29, 0.717) is 0 Å². The molecule has 0 aromatic heterocycles. The van der Waals surface area contributed by atoms with Gasteiger partial charge < -0.3 is 15.1 Å². The lowest BCUT2D eigenvalue weighted by Crippen LogP contribution is -2.48. The molecule has 1 aliphatic rings. The van der Waals surface area contributed by atoms with Crippen LogP contribution in [-0.4, -0.2) is 54.3 Å². The summed E-state index contributed by atoms with van der Waals surface area (Å²) in [5.74, 6) is -0.0358. The summed E-state index contributed by atoms with van der Waals surface area (Å²) >= 11 is 0. The smallest absolute Gasteiger partial charge is 0.246 e. The highest BCUT2D eigenvalue weighted by Gasteiger charge is 2.17. The van der Waals surface area contributed by atoms with Crippen molar-refractivity contribution >= 4 is 23.6 Å². The van der Waals surface area contributed by atoms with Crippen LogP contribution in [0.1, 0.15) is 19.4 Å². The third-order valence-electron chi connectivity index (χ3n) is 3.78. The number of carbonyl (C=O) groups excluding carboxylic acids is 2. The van der Waals surface area contributed by atoms with E-state index in [9.17, 15) is 9.59 Å². The number of amides is 2. The van der Waals surface area contributed by atoms with E-state index >= 15 is 0 Å². The van der Waals surface area contributed by atoms with Gasteiger partial charge in [0.15, 0.2) is 0 Å². The summed E-state index contributed by atoms with van der Waals surface area (Å²) in [6.45, 7) is 8.13. The minimum Gasteiger partial charge on any atom is -0.337 e. The van der Waals surface area contributed by atoms with Crippen molar-refractivity contribution in [2.24, 2.45) is 0 Å². The summed E-state index contributed by atoms with van der Waals surface area (Å²) in [7, 11) is 0. The lowest BCUT2D eigenvalue weighted by molar-refractivity contribution is -0.127. The van der Waals surface area contributed by atoms with Crippen LogP contribution in [0.2, 0.25) is 0 Å². The fraction of sp³-hybridized carbons (Fsp3) is 0.412. The Morgan fingerprint density at radius 1 is 1.14 bits per heavy atom. The van der Waals surface area contributed by atoms with Gasteiger partial charge in [-0.3, -0.25) is 9.59 Å². The molecule has 0 spiro atoms. The third-order valence-corrected chi connectivity index (χ3v) is 3.78. The second-order valence-electron chi connectivity index (χ2n) is 5.40. The van der Waals surface area contributed by atoms with E-state index in [1.165, 1.54) is 6.92 Å². The van der Waals surface area contributed by atoms with Crippen LogP contribution in [-0.2, 0) is 9.59 Å². The molecular formula is C17H23N3O2. The number of hydrogen-bond donors (Lipinski definition) is 1. The average Bonchev–Trinajstić information content (AvgIpc) is 2.53. The van der Waals surface area contributed by atoms with E-state index < -0.39 is 0 Å². The molecule has 1 heterocycles. The van der Waals surface area contributed by atoms with Crippen molar-refractivity contribution in [3.05, 3.63) is 35.9 Å². The van der Waals surface area contributed by atoms with Gasteiger partial charge in [-0.2, -0.15) is 0 Å². The molecule has 1 aromatic rings. The maximum atomic E-state index is 12.1. The van der Waals surface area contributed by atoms with E-state index in [-0.39, 0.29) is 11.8 Å². The van der Waals surface area contributed by atoms with Crippen LogP contribution in [0, 0.1) is 0 Å². The van der Waals surface area contributed by atoms with Gasteiger partial charge in [-0.1, -0.05) is 19.1 Å². The molecule has 0 radical (unpaired) electrons. The highest BCUT2D eigenvalue weighted by atomic mass is 16.2. The fourth-order valence-corrected chi connectivity index (χ4v) is 2.44. The molecule has 2 rings (SSSR count). The van der Waals surface area contributed by atoms with Gasteiger partial charge in [-0.25, -0.2) is 0 Å². The lowest BCUT2D eigenvalue weighted by Gasteiger charge is -2.33. The number of likely N-dealkylation sites (N-methyl/N-ethyl adjacent to an activating group) is 1. The Bertz CT molecular complexity index is 544. The first-order chi connectivity index (χ1) is 10.6. The number of carbonyl (C=O) groups is 2. The Labute approximate surface area is 131 Å². The topological polar surface area (TPSA) is 52.6 Å². The summed E-state index contributed by atoms with van der Waals surface area (Å²) in [5, 5.41) is 2.72. The molecule has 2 amide bonds. The normalized spacial score (nSPS) is 16.0. The second kappa shape index (κ2) is 7.75. The predicted molar refractivity (Wildman–Crippen MR) is 88.5 cm³/mol. The molecule has 22 heavy (non-hydrogen) atoms. The number of nitrogens with zero attached hydrogens (tertiary/aromatic N) is 2. The molecule has 5 heteroatoms. The van der Waals surface area contributed by atoms with Crippen molar-refractivity contribution in [2.45, 2.75) is 13.8 Å². The Hall–Kier alpha value is -2.14. The highest BCUT2D eigenvalue weighted by molar-refractivity contribution is 5.92. The standard InChI is InChI=1S/C17H23N3O2/c1-3-19-10-12-20(13-11-19)17(22)9-6-15-4-7-16(8-5-15)18-14(2)21/h4-9H,3,10-13H2,1-2H3,(H,18,21)/b9-6+. The third kappa shape index (κ3) is 4.70. The summed E-state index contributed by atoms with van der Waals surface area (Å²) in [6.07, 6.45) is 3.43. The van der Waals surface area contributed by atoms with Crippen LogP contribution in [0.4, 0.5) is 5.69 Å². The van der Waals surface area contributed by atoms with Gasteiger partial charge in [0.1, 0.15) is 0 Å². The van der Waals surface area contributed by atoms with Gasteiger partial charge in [-0.05, 0) is 30.3 Å². The molecule has 0 bridgehead atoms. The predicted octanol–water partition coefficient (Wildman–Crippen LogP) is 1.82. The molecule has 1 aromatic carbocycles. The van der Waals surface area contributed by atoms with Crippen LogP contribution >= 0.6 is 0 Å². The van der Waals surface area contributed by atoms with Crippen molar-refractivity contribution in [3.63, 3.8) is 0 Å². The molecule has 0 aliphatic carbocycles. The van der Waals surface area contributed by atoms with Gasteiger partial charge >= 0.3 is 0 Å². The number of piperazine rings is 1. The zero-order valence-corrected chi connectivity index (χ0v) is 13.2. The van der Waals surface area contributed by atoms with E-state index in [2.05, 4.69) is 17.1 Å².